The van der Waals surface area contributed by atoms with E-state index in [0.717, 1.165) is 43.4 Å². The smallest absolute Gasteiger partial charge is 0.264 e. The molecule has 22 heavy (non-hydrogen) atoms. The van der Waals surface area contributed by atoms with Crippen molar-refractivity contribution in [3.05, 3.63) is 24.7 Å². The lowest BCUT2D eigenvalue weighted by molar-refractivity contribution is 0.230. The van der Waals surface area contributed by atoms with Crippen LogP contribution in [0.25, 0.3) is 11.2 Å². The standard InChI is InChI=1S/C14H18N4O3S/c1-22(19,20)21-10-11-3-8-18(9-4-11)12-2-5-16-14-13(12)15-6-7-17-14/h2,5-7,11H,3-4,8-10H2,1H3. The maximum absolute atomic E-state index is 11.1. The number of pyridine rings is 1. The molecular formula is C14H18N4O3S. The summed E-state index contributed by atoms with van der Waals surface area (Å²) in [7, 11) is -3.36. The zero-order chi connectivity index (χ0) is 15.6. The zero-order valence-electron chi connectivity index (χ0n) is 12.3. The van der Waals surface area contributed by atoms with Crippen LogP contribution in [0.5, 0.6) is 0 Å². The molecule has 0 unspecified atom stereocenters. The van der Waals surface area contributed by atoms with Gasteiger partial charge in [0.1, 0.15) is 5.52 Å². The first kappa shape index (κ1) is 15.1. The van der Waals surface area contributed by atoms with Crippen LogP contribution in [-0.4, -0.2) is 49.3 Å². The molecule has 0 atom stereocenters. The third-order valence-electron chi connectivity index (χ3n) is 3.82. The third-order valence-corrected chi connectivity index (χ3v) is 4.39. The van der Waals surface area contributed by atoms with Crippen molar-refractivity contribution >= 4 is 27.0 Å². The first-order valence-electron chi connectivity index (χ1n) is 7.18. The van der Waals surface area contributed by atoms with Crippen LogP contribution in [0.15, 0.2) is 24.7 Å². The second-order valence-electron chi connectivity index (χ2n) is 5.48. The number of fused-ring (bicyclic) bond motifs is 1. The number of aromatic nitrogens is 3. The highest BCUT2D eigenvalue weighted by atomic mass is 32.2. The molecule has 0 radical (unpaired) electrons. The van der Waals surface area contributed by atoms with Gasteiger partial charge in [0.25, 0.3) is 10.1 Å². The molecule has 0 spiro atoms. The highest BCUT2D eigenvalue weighted by Crippen LogP contribution is 2.27. The molecule has 3 heterocycles. The Labute approximate surface area is 129 Å². The highest BCUT2D eigenvalue weighted by molar-refractivity contribution is 7.85. The minimum atomic E-state index is -3.36. The molecule has 0 aromatic carbocycles. The summed E-state index contributed by atoms with van der Waals surface area (Å²) in [5.74, 6) is 0.269. The summed E-state index contributed by atoms with van der Waals surface area (Å²) in [4.78, 5) is 15.1. The van der Waals surface area contributed by atoms with Crippen LogP contribution in [0.2, 0.25) is 0 Å². The largest absolute Gasteiger partial charge is 0.370 e. The van der Waals surface area contributed by atoms with Gasteiger partial charge in [-0.15, -0.1) is 0 Å². The molecule has 7 nitrogen and oxygen atoms in total. The van der Waals surface area contributed by atoms with Gasteiger partial charge in [-0.3, -0.25) is 4.18 Å². The summed E-state index contributed by atoms with van der Waals surface area (Å²) in [5, 5.41) is 0. The van der Waals surface area contributed by atoms with Gasteiger partial charge < -0.3 is 4.90 Å². The van der Waals surface area contributed by atoms with E-state index in [2.05, 4.69) is 19.9 Å². The van der Waals surface area contributed by atoms with Crippen molar-refractivity contribution < 1.29 is 12.6 Å². The molecule has 0 bridgehead atoms. The van der Waals surface area contributed by atoms with Crippen LogP contribution < -0.4 is 4.90 Å². The van der Waals surface area contributed by atoms with Crippen molar-refractivity contribution in [3.8, 4) is 0 Å². The lowest BCUT2D eigenvalue weighted by Crippen LogP contribution is -2.35. The molecule has 2 aromatic heterocycles. The maximum Gasteiger partial charge on any atom is 0.264 e. The molecule has 0 aliphatic carbocycles. The predicted molar refractivity (Wildman–Crippen MR) is 83.1 cm³/mol. The Morgan fingerprint density at radius 3 is 2.59 bits per heavy atom. The van der Waals surface area contributed by atoms with E-state index in [1.54, 1.807) is 18.6 Å². The number of hydrogen-bond donors (Lipinski definition) is 0. The average Bonchev–Trinajstić information content (AvgIpc) is 2.52. The normalized spacial score (nSPS) is 17.0. The molecule has 0 N–H and O–H groups in total. The number of piperidine rings is 1. The van der Waals surface area contributed by atoms with Crippen LogP contribution in [0.4, 0.5) is 5.69 Å². The van der Waals surface area contributed by atoms with Crippen molar-refractivity contribution in [2.24, 2.45) is 5.92 Å². The summed E-state index contributed by atoms with van der Waals surface area (Å²) in [6, 6.07) is 1.95. The zero-order valence-corrected chi connectivity index (χ0v) is 13.2. The van der Waals surface area contributed by atoms with Crippen LogP contribution in [-0.2, 0) is 14.3 Å². The van der Waals surface area contributed by atoms with Gasteiger partial charge >= 0.3 is 0 Å². The van der Waals surface area contributed by atoms with Crippen LogP contribution in [0.1, 0.15) is 12.8 Å². The van der Waals surface area contributed by atoms with Gasteiger partial charge in [0.15, 0.2) is 5.65 Å². The van der Waals surface area contributed by atoms with E-state index in [1.165, 1.54) is 0 Å². The van der Waals surface area contributed by atoms with Crippen molar-refractivity contribution in [3.63, 3.8) is 0 Å². The molecule has 1 saturated heterocycles. The molecule has 0 saturated carbocycles. The van der Waals surface area contributed by atoms with Crippen LogP contribution in [0.3, 0.4) is 0 Å². The molecule has 118 valence electrons. The van der Waals surface area contributed by atoms with Crippen LogP contribution in [0, 0.1) is 5.92 Å². The lowest BCUT2D eigenvalue weighted by atomic mass is 9.97. The highest BCUT2D eigenvalue weighted by Gasteiger charge is 2.22. The van der Waals surface area contributed by atoms with E-state index >= 15 is 0 Å². The Bertz CT molecular complexity index is 752. The Morgan fingerprint density at radius 1 is 1.18 bits per heavy atom. The summed E-state index contributed by atoms with van der Waals surface area (Å²) in [5.41, 5.74) is 2.47. The molecule has 1 fully saturated rings. The molecule has 8 heteroatoms. The van der Waals surface area contributed by atoms with Gasteiger partial charge in [0.2, 0.25) is 0 Å². The van der Waals surface area contributed by atoms with E-state index in [9.17, 15) is 8.42 Å². The summed E-state index contributed by atoms with van der Waals surface area (Å²) in [6.45, 7) is 1.95. The van der Waals surface area contributed by atoms with Crippen molar-refractivity contribution in [1.82, 2.24) is 15.0 Å². The topological polar surface area (TPSA) is 85.3 Å². The SMILES string of the molecule is CS(=O)(=O)OCC1CCN(c2ccnc3nccnc23)CC1. The summed E-state index contributed by atoms with van der Waals surface area (Å²) in [6.07, 6.45) is 7.91. The molecular weight excluding hydrogens is 304 g/mol. The van der Waals surface area contributed by atoms with Gasteiger partial charge in [-0.25, -0.2) is 15.0 Å². The minimum Gasteiger partial charge on any atom is -0.370 e. The van der Waals surface area contributed by atoms with E-state index in [-0.39, 0.29) is 12.5 Å². The molecule has 0 amide bonds. The van der Waals surface area contributed by atoms with E-state index in [1.807, 2.05) is 6.07 Å². The Kier molecular flexibility index (Phi) is 4.21. The average molecular weight is 322 g/mol. The molecule has 3 rings (SSSR count). The second-order valence-corrected chi connectivity index (χ2v) is 7.12. The molecule has 2 aromatic rings. The van der Waals surface area contributed by atoms with Gasteiger partial charge in [-0.2, -0.15) is 8.42 Å². The third kappa shape index (κ3) is 3.50. The monoisotopic (exact) mass is 322 g/mol. The molecule has 1 aliphatic heterocycles. The number of anilines is 1. The number of nitrogens with zero attached hydrogens (tertiary/aromatic N) is 4. The Morgan fingerprint density at radius 2 is 1.86 bits per heavy atom. The first-order chi connectivity index (χ1) is 10.5. The Balaban J connectivity index is 1.68. The summed E-state index contributed by atoms with van der Waals surface area (Å²) >= 11 is 0. The first-order valence-corrected chi connectivity index (χ1v) is 8.99. The van der Waals surface area contributed by atoms with Crippen molar-refractivity contribution in [1.29, 1.82) is 0 Å². The fraction of sp³-hybridized carbons (Fsp3) is 0.500. The number of hydrogen-bond acceptors (Lipinski definition) is 7. The fourth-order valence-corrected chi connectivity index (χ4v) is 3.12. The van der Waals surface area contributed by atoms with Crippen LogP contribution >= 0.6 is 0 Å². The second kappa shape index (κ2) is 6.13. The van der Waals surface area contributed by atoms with Gasteiger partial charge in [-0.05, 0) is 24.8 Å². The predicted octanol–water partition coefficient (Wildman–Crippen LogP) is 1.22. The lowest BCUT2D eigenvalue weighted by Gasteiger charge is -2.33. The Hall–Kier alpha value is -1.80. The fourth-order valence-electron chi connectivity index (χ4n) is 2.68. The van der Waals surface area contributed by atoms with E-state index < -0.39 is 10.1 Å². The number of rotatable bonds is 4. The van der Waals surface area contributed by atoms with Gasteiger partial charge in [0, 0.05) is 31.7 Å². The molecule has 1 aliphatic rings. The minimum absolute atomic E-state index is 0.267. The van der Waals surface area contributed by atoms with E-state index in [0.29, 0.717) is 5.65 Å². The van der Waals surface area contributed by atoms with Gasteiger partial charge in [0.05, 0.1) is 18.6 Å². The quantitative estimate of drug-likeness (QED) is 0.782. The maximum atomic E-state index is 11.1. The van der Waals surface area contributed by atoms with Crippen molar-refractivity contribution in [2.75, 3.05) is 30.9 Å². The van der Waals surface area contributed by atoms with E-state index in [4.69, 9.17) is 4.18 Å². The van der Waals surface area contributed by atoms with Gasteiger partial charge in [-0.1, -0.05) is 0 Å². The summed E-state index contributed by atoms with van der Waals surface area (Å²) < 4.78 is 27.0. The van der Waals surface area contributed by atoms with Crippen molar-refractivity contribution in [2.45, 2.75) is 12.8 Å².